The average Bonchev–Trinajstić information content (AvgIpc) is 0.822. The lowest BCUT2D eigenvalue weighted by molar-refractivity contribution is -0.270. The molecule has 3 heterocycles. The van der Waals surface area contributed by atoms with Crippen molar-refractivity contribution in [1.29, 1.82) is 0 Å². The van der Waals surface area contributed by atoms with Crippen molar-refractivity contribution >= 4 is 53.5 Å². The molecule has 0 saturated carbocycles. The van der Waals surface area contributed by atoms with E-state index in [1.54, 1.807) is 0 Å². The first-order chi connectivity index (χ1) is 49.8. The predicted octanol–water partition coefficient (Wildman–Crippen LogP) is -0.0424. The van der Waals surface area contributed by atoms with E-state index in [0.717, 1.165) is 70.6 Å². The highest BCUT2D eigenvalue weighted by atomic mass is 16.7. The molecule has 0 bridgehead atoms. The Labute approximate surface area is 610 Å². The number of hydrogen-bond acceptors (Lipinski definition) is 27. The van der Waals surface area contributed by atoms with Crippen LogP contribution in [0.3, 0.4) is 0 Å². The van der Waals surface area contributed by atoms with Gasteiger partial charge in [0.15, 0.2) is 18.9 Å². The fourth-order valence-electron chi connectivity index (χ4n) is 12.3. The molecule has 3 aliphatic rings. The van der Waals surface area contributed by atoms with Gasteiger partial charge in [0.05, 0.1) is 59.5 Å². The zero-order valence-corrected chi connectivity index (χ0v) is 61.5. The van der Waals surface area contributed by atoms with E-state index in [1.807, 2.05) is 0 Å². The van der Waals surface area contributed by atoms with Crippen molar-refractivity contribution in [2.45, 2.75) is 299 Å². The van der Waals surface area contributed by atoms with Crippen molar-refractivity contribution in [2.24, 2.45) is 5.41 Å². The van der Waals surface area contributed by atoms with E-state index in [0.29, 0.717) is 103 Å². The molecule has 0 aromatic carbocycles. The Hall–Kier alpha value is -5.57. The Kier molecular flexibility index (Phi) is 48.2. The molecule has 3 fully saturated rings. The second-order valence-corrected chi connectivity index (χ2v) is 27.3. The van der Waals surface area contributed by atoms with Crippen LogP contribution in [0.2, 0.25) is 0 Å². The van der Waals surface area contributed by atoms with E-state index < -0.39 is 136 Å². The Morgan fingerprint density at radius 3 is 0.913 bits per heavy atom. The van der Waals surface area contributed by atoms with Crippen LogP contribution < -0.4 is 37.2 Å². The van der Waals surface area contributed by atoms with E-state index in [-0.39, 0.29) is 107 Å². The van der Waals surface area contributed by atoms with E-state index in [2.05, 4.69) is 44.1 Å². The number of carbonyl (C=O) groups excluding carboxylic acids is 9. The molecule has 3 saturated heterocycles. The Bertz CT molecular complexity index is 2210. The predicted molar refractivity (Wildman–Crippen MR) is 372 cm³/mol. The largest absolute Gasteiger partial charge is 0.466 e. The molecule has 0 radical (unpaired) electrons. The lowest BCUT2D eigenvalue weighted by Crippen LogP contribution is -2.64. The maximum absolute atomic E-state index is 12.7. The number of carbonyl (C=O) groups is 9. The Balaban J connectivity index is 1.30. The third-order valence-electron chi connectivity index (χ3n) is 18.2. The molecular weight excluding hydrogens is 1370 g/mol. The molecule has 34 nitrogen and oxygen atoms in total. The van der Waals surface area contributed by atoms with Gasteiger partial charge in [-0.05, 0) is 102 Å². The van der Waals surface area contributed by atoms with Crippen LogP contribution in [0, 0.1) is 5.41 Å². The summed E-state index contributed by atoms with van der Waals surface area (Å²) in [6.07, 6.45) is 0.935. The minimum atomic E-state index is -1.43. The highest BCUT2D eigenvalue weighted by molar-refractivity contribution is 5.77. The zero-order chi connectivity index (χ0) is 76.7. The second kappa shape index (κ2) is 54.1. The molecule has 0 aliphatic carbocycles. The number of ether oxygens (including phenoxy) is 9. The fourth-order valence-corrected chi connectivity index (χ4v) is 12.3. The molecular formula is C70H125N7O27. The summed E-state index contributed by atoms with van der Waals surface area (Å²) in [5, 5.41) is 109. The summed E-state index contributed by atoms with van der Waals surface area (Å²) in [6, 6.07) is -3.20. The van der Waals surface area contributed by atoms with Crippen LogP contribution >= 0.6 is 0 Å². The third-order valence-corrected chi connectivity index (χ3v) is 18.2. The first kappa shape index (κ1) is 92.6. The lowest BCUT2D eigenvalue weighted by atomic mass is 9.77. The van der Waals surface area contributed by atoms with E-state index >= 15 is 0 Å². The monoisotopic (exact) mass is 1500 g/mol. The highest BCUT2D eigenvalue weighted by Crippen LogP contribution is 2.35. The van der Waals surface area contributed by atoms with Crippen LogP contribution in [-0.2, 0) is 81.0 Å². The number of alkyl carbamates (subject to hydrolysis) is 1. The first-order valence-corrected chi connectivity index (χ1v) is 37.4. The summed E-state index contributed by atoms with van der Waals surface area (Å²) in [7, 11) is 0. The van der Waals surface area contributed by atoms with E-state index in [1.165, 1.54) is 20.8 Å². The summed E-state index contributed by atoms with van der Waals surface area (Å²) in [6.45, 7) is 6.82. The molecule has 0 aromatic heterocycles. The highest BCUT2D eigenvalue weighted by Gasteiger charge is 2.48. The van der Waals surface area contributed by atoms with Crippen molar-refractivity contribution in [1.82, 2.24) is 37.2 Å². The number of aliphatic hydroxyl groups is 9. The molecule has 602 valence electrons. The molecule has 7 amide bonds. The molecule has 15 unspecified atom stereocenters. The number of hydrogen-bond donors (Lipinski definition) is 16. The Morgan fingerprint density at radius 2 is 0.615 bits per heavy atom. The van der Waals surface area contributed by atoms with Crippen molar-refractivity contribution in [3.8, 4) is 0 Å². The van der Waals surface area contributed by atoms with Crippen molar-refractivity contribution < 1.29 is 132 Å². The van der Waals surface area contributed by atoms with Gasteiger partial charge < -0.3 is 126 Å². The van der Waals surface area contributed by atoms with Crippen LogP contribution in [0.15, 0.2) is 0 Å². The molecule has 3 rings (SSSR count). The van der Waals surface area contributed by atoms with Crippen molar-refractivity contribution in [3.05, 3.63) is 0 Å². The summed E-state index contributed by atoms with van der Waals surface area (Å²) < 4.78 is 50.4. The van der Waals surface area contributed by atoms with Gasteiger partial charge >= 0.3 is 18.0 Å². The quantitative estimate of drug-likeness (QED) is 0.0216. The summed E-state index contributed by atoms with van der Waals surface area (Å²) >= 11 is 0. The second-order valence-electron chi connectivity index (χ2n) is 27.3. The number of nitrogens with one attached hydrogen (secondary N) is 7. The van der Waals surface area contributed by atoms with Gasteiger partial charge in [0, 0.05) is 79.1 Å². The van der Waals surface area contributed by atoms with Crippen molar-refractivity contribution in [3.63, 3.8) is 0 Å². The van der Waals surface area contributed by atoms with Crippen LogP contribution in [0.4, 0.5) is 4.79 Å². The van der Waals surface area contributed by atoms with Gasteiger partial charge in [-0.2, -0.15) is 0 Å². The minimum absolute atomic E-state index is 0.0587. The van der Waals surface area contributed by atoms with Crippen LogP contribution in [0.5, 0.6) is 0 Å². The van der Waals surface area contributed by atoms with E-state index in [4.69, 9.17) is 42.6 Å². The average molecular weight is 1500 g/mol. The lowest BCUT2D eigenvalue weighted by Gasteiger charge is -2.42. The van der Waals surface area contributed by atoms with Gasteiger partial charge in [-0.3, -0.25) is 38.4 Å². The zero-order valence-electron chi connectivity index (χ0n) is 61.5. The van der Waals surface area contributed by atoms with Gasteiger partial charge in [-0.25, -0.2) is 4.79 Å². The molecule has 16 N–H and O–H groups in total. The standard InChI is InChI=1S/C70H125N7O27/c1-46(81)75-57-63(92)60(89)49(43-78)102-66(57)98-37-19-25-52(84)71-33-15-9-5-7-13-28-55(87)96-40-22-30-70(4,31-23-41-97-56(88)29-14-8-6-10-16-34-72-53(85)26-20-38-99-67-58(76-47(2)82)64(93)61(90)50(44-79)103-67)32-24-42-101-69(95)74-36-18-12-11-17-35-73-54(86)27-21-39-100-68-59(77-48(3)83)65(94)62(91)51(45-80)104-68/h49-51,57-68,78-80,89-94H,5-45H2,1-4H3,(H,71,84)(H,72,85)(H,73,86)(H,74,95)(H,75,81)(H,76,82)(H,77,83). The molecule has 34 heteroatoms. The van der Waals surface area contributed by atoms with Crippen LogP contribution in [0.25, 0.3) is 0 Å². The van der Waals surface area contributed by atoms with E-state index in [9.17, 15) is 89.1 Å². The molecule has 0 aromatic rings. The third kappa shape index (κ3) is 38.8. The Morgan fingerprint density at radius 1 is 0.337 bits per heavy atom. The molecule has 0 spiro atoms. The van der Waals surface area contributed by atoms with Gasteiger partial charge in [-0.15, -0.1) is 0 Å². The SMILES string of the molecule is CC(=O)NC1C(OCCCC(=O)NCCCCCCCC(=O)OCCCC(C)(CCCOC(=O)CCCCCCCNC(=O)CCCOC2OC(CO)C(O)C(O)C2NC(C)=O)CCCOC(=O)NCCCCCCNC(=O)CCCOC2OC(CO)C(O)C(O)C2NC(C)=O)OC(CO)C(O)C1O. The van der Waals surface area contributed by atoms with Gasteiger partial charge in [0.1, 0.15) is 73.1 Å². The van der Waals surface area contributed by atoms with Gasteiger partial charge in [0.25, 0.3) is 0 Å². The summed E-state index contributed by atoms with van der Waals surface area (Å²) in [5.74, 6) is -2.51. The number of amides is 7. The molecule has 3 aliphatic heterocycles. The molecule has 104 heavy (non-hydrogen) atoms. The van der Waals surface area contributed by atoms with Crippen LogP contribution in [-0.4, -0.2) is 277 Å². The number of aliphatic hydroxyl groups excluding tert-OH is 9. The number of unbranched alkanes of at least 4 members (excludes halogenated alkanes) is 11. The normalized spacial score (nSPS) is 25.1. The topological polar surface area (TPSA) is 503 Å². The molecule has 15 atom stereocenters. The first-order valence-electron chi connectivity index (χ1n) is 37.4. The van der Waals surface area contributed by atoms with Gasteiger partial charge in [-0.1, -0.05) is 58.3 Å². The van der Waals surface area contributed by atoms with Gasteiger partial charge in [0.2, 0.25) is 35.4 Å². The minimum Gasteiger partial charge on any atom is -0.466 e. The van der Waals surface area contributed by atoms with Crippen molar-refractivity contribution in [2.75, 3.05) is 85.6 Å². The summed E-state index contributed by atoms with van der Waals surface area (Å²) in [5.41, 5.74) is -0.250. The maximum Gasteiger partial charge on any atom is 0.407 e. The van der Waals surface area contributed by atoms with Crippen LogP contribution in [0.1, 0.15) is 207 Å². The fraction of sp³-hybridized carbons (Fsp3) is 0.871. The smallest absolute Gasteiger partial charge is 0.407 e. The maximum atomic E-state index is 12.7. The number of esters is 2. The number of rotatable bonds is 56. The summed E-state index contributed by atoms with van der Waals surface area (Å²) in [4.78, 5) is 110.